The Balaban J connectivity index is 1.38. The quantitative estimate of drug-likeness (QED) is 0.774. The zero-order valence-corrected chi connectivity index (χ0v) is 17.3. The highest BCUT2D eigenvalue weighted by Crippen LogP contribution is 2.63. The van der Waals surface area contributed by atoms with Crippen molar-refractivity contribution in [2.45, 2.75) is 58.0 Å². The molecule has 0 saturated heterocycles. The summed E-state index contributed by atoms with van der Waals surface area (Å²) < 4.78 is 10.1. The fourth-order valence-corrected chi connectivity index (χ4v) is 5.01. The minimum atomic E-state index is -0.570. The molecular formula is C19H24N4O4S. The second-order valence-corrected chi connectivity index (χ2v) is 9.78. The van der Waals surface area contributed by atoms with Crippen molar-refractivity contribution >= 4 is 39.0 Å². The van der Waals surface area contributed by atoms with E-state index in [1.807, 2.05) is 0 Å². The minimum Gasteiger partial charge on any atom is -0.469 e. The van der Waals surface area contributed by atoms with Crippen molar-refractivity contribution in [2.24, 2.45) is 11.3 Å². The van der Waals surface area contributed by atoms with Gasteiger partial charge in [-0.2, -0.15) is 4.98 Å². The molecule has 8 nitrogen and oxygen atoms in total. The number of amides is 1. The lowest BCUT2D eigenvalue weighted by Gasteiger charge is -2.56. The van der Waals surface area contributed by atoms with Gasteiger partial charge in [0.1, 0.15) is 5.60 Å². The van der Waals surface area contributed by atoms with E-state index in [9.17, 15) is 9.59 Å². The van der Waals surface area contributed by atoms with E-state index >= 15 is 0 Å². The smallest absolute Gasteiger partial charge is 0.413 e. The Morgan fingerprint density at radius 3 is 2.57 bits per heavy atom. The highest BCUT2D eigenvalue weighted by atomic mass is 32.1. The van der Waals surface area contributed by atoms with Gasteiger partial charge >= 0.3 is 12.1 Å². The third-order valence-electron chi connectivity index (χ3n) is 5.42. The maximum Gasteiger partial charge on any atom is 0.413 e. The molecule has 0 bridgehead atoms. The van der Waals surface area contributed by atoms with E-state index in [1.54, 1.807) is 27.0 Å². The van der Waals surface area contributed by atoms with Gasteiger partial charge in [-0.1, -0.05) is 11.3 Å². The molecule has 9 heteroatoms. The molecule has 0 aliphatic heterocycles. The van der Waals surface area contributed by atoms with Crippen LogP contribution in [-0.4, -0.2) is 39.7 Å². The van der Waals surface area contributed by atoms with Gasteiger partial charge in [0.05, 0.1) is 24.9 Å². The van der Waals surface area contributed by atoms with Gasteiger partial charge in [-0.05, 0) is 51.9 Å². The van der Waals surface area contributed by atoms with Crippen LogP contribution in [0, 0.1) is 11.3 Å². The number of hydrogen-bond acceptors (Lipinski definition) is 8. The normalized spacial score (nSPS) is 26.4. The number of carbonyl (C=O) groups is 2. The number of hydrogen-bond donors (Lipinski definition) is 1. The van der Waals surface area contributed by atoms with E-state index < -0.39 is 11.7 Å². The van der Waals surface area contributed by atoms with Gasteiger partial charge in [0.25, 0.3) is 0 Å². The van der Waals surface area contributed by atoms with Crippen molar-refractivity contribution in [1.29, 1.82) is 0 Å². The summed E-state index contributed by atoms with van der Waals surface area (Å²) in [7, 11) is 1.45. The van der Waals surface area contributed by atoms with Crippen molar-refractivity contribution in [3.63, 3.8) is 0 Å². The Morgan fingerprint density at radius 2 is 1.93 bits per heavy atom. The maximum absolute atomic E-state index is 11.9. The van der Waals surface area contributed by atoms with Gasteiger partial charge in [-0.25, -0.2) is 14.8 Å². The number of methoxy groups -OCH3 is 1. The summed E-state index contributed by atoms with van der Waals surface area (Å²) in [6, 6.07) is 0. The predicted octanol–water partition coefficient (Wildman–Crippen LogP) is 3.88. The van der Waals surface area contributed by atoms with Crippen LogP contribution in [0.15, 0.2) is 6.20 Å². The minimum absolute atomic E-state index is 0.0579. The molecule has 2 aliphatic rings. The molecule has 0 aromatic carbocycles. The Hall–Kier alpha value is -2.29. The molecule has 0 unspecified atom stereocenters. The largest absolute Gasteiger partial charge is 0.469 e. The first-order chi connectivity index (χ1) is 13.2. The third kappa shape index (κ3) is 3.67. The first-order valence-corrected chi connectivity index (χ1v) is 10.2. The van der Waals surface area contributed by atoms with Gasteiger partial charge in [-0.3, -0.25) is 10.1 Å². The number of nitrogens with zero attached hydrogens (tertiary/aromatic N) is 3. The SMILES string of the molecule is COC(=O)C1CC2(C1)CC(c1cnc3nc(NC(=O)OC(C)(C)C)sc3n1)C2. The van der Waals surface area contributed by atoms with Crippen LogP contribution in [0.4, 0.5) is 9.93 Å². The predicted molar refractivity (Wildman–Crippen MR) is 104 cm³/mol. The summed E-state index contributed by atoms with van der Waals surface area (Å²) in [4.78, 5) is 37.6. The highest BCUT2D eigenvalue weighted by Gasteiger charge is 2.55. The fourth-order valence-electron chi connectivity index (χ4n) is 4.22. The molecule has 2 heterocycles. The third-order valence-corrected chi connectivity index (χ3v) is 6.27. The molecule has 0 radical (unpaired) electrons. The van der Waals surface area contributed by atoms with Crippen LogP contribution in [0.1, 0.15) is 58.1 Å². The average Bonchev–Trinajstić information content (AvgIpc) is 2.91. The van der Waals surface area contributed by atoms with Crippen LogP contribution in [0.5, 0.6) is 0 Å². The second kappa shape index (κ2) is 6.65. The van der Waals surface area contributed by atoms with Gasteiger partial charge in [0.2, 0.25) is 0 Å². The zero-order valence-electron chi connectivity index (χ0n) is 16.4. The molecular weight excluding hydrogens is 380 g/mol. The van der Waals surface area contributed by atoms with Crippen LogP contribution in [0.25, 0.3) is 10.5 Å². The Labute approximate surface area is 167 Å². The molecule has 28 heavy (non-hydrogen) atoms. The molecule has 2 saturated carbocycles. The molecule has 150 valence electrons. The first kappa shape index (κ1) is 19.0. The number of rotatable bonds is 3. The monoisotopic (exact) mass is 404 g/mol. The lowest BCUT2D eigenvalue weighted by molar-refractivity contribution is -0.159. The molecule has 2 aliphatic carbocycles. The van der Waals surface area contributed by atoms with E-state index in [0.717, 1.165) is 31.4 Å². The summed E-state index contributed by atoms with van der Waals surface area (Å²) in [6.45, 7) is 5.42. The maximum atomic E-state index is 11.9. The Bertz CT molecular complexity index is 922. The number of thiazole rings is 1. The molecule has 1 N–H and O–H groups in total. The van der Waals surface area contributed by atoms with E-state index in [-0.39, 0.29) is 17.3 Å². The van der Waals surface area contributed by atoms with Crippen molar-refractivity contribution in [3.05, 3.63) is 11.9 Å². The molecule has 0 atom stereocenters. The van der Waals surface area contributed by atoms with E-state index in [1.165, 1.54) is 18.4 Å². The number of esters is 1. The molecule has 4 rings (SSSR count). The molecule has 1 spiro atoms. The van der Waals surface area contributed by atoms with Crippen molar-refractivity contribution in [1.82, 2.24) is 15.0 Å². The van der Waals surface area contributed by atoms with Crippen molar-refractivity contribution in [2.75, 3.05) is 12.4 Å². The van der Waals surface area contributed by atoms with Crippen molar-refractivity contribution < 1.29 is 19.1 Å². The number of fused-ring (bicyclic) bond motifs is 1. The van der Waals surface area contributed by atoms with E-state index in [4.69, 9.17) is 14.5 Å². The summed E-state index contributed by atoms with van der Waals surface area (Å²) >= 11 is 1.29. The molecule has 1 amide bonds. The Kier molecular flexibility index (Phi) is 4.52. The molecule has 2 aromatic rings. The average molecular weight is 404 g/mol. The van der Waals surface area contributed by atoms with Crippen LogP contribution in [0.3, 0.4) is 0 Å². The van der Waals surface area contributed by atoms with Crippen LogP contribution in [0.2, 0.25) is 0 Å². The van der Waals surface area contributed by atoms with Gasteiger partial charge in [0, 0.05) is 5.92 Å². The van der Waals surface area contributed by atoms with Crippen LogP contribution in [-0.2, 0) is 14.3 Å². The van der Waals surface area contributed by atoms with Crippen LogP contribution < -0.4 is 5.32 Å². The zero-order chi connectivity index (χ0) is 20.1. The van der Waals surface area contributed by atoms with Crippen LogP contribution >= 0.6 is 11.3 Å². The van der Waals surface area contributed by atoms with Gasteiger partial charge < -0.3 is 9.47 Å². The number of ether oxygens (including phenoxy) is 2. The Morgan fingerprint density at radius 1 is 1.21 bits per heavy atom. The number of carbonyl (C=O) groups excluding carboxylic acids is 2. The molecule has 2 aromatic heterocycles. The summed E-state index contributed by atoms with van der Waals surface area (Å²) in [5.74, 6) is 0.326. The first-order valence-electron chi connectivity index (χ1n) is 9.38. The van der Waals surface area contributed by atoms with E-state index in [0.29, 0.717) is 21.5 Å². The summed E-state index contributed by atoms with van der Waals surface area (Å²) in [5, 5.41) is 3.06. The van der Waals surface area contributed by atoms with Crippen molar-refractivity contribution in [3.8, 4) is 0 Å². The summed E-state index contributed by atoms with van der Waals surface area (Å²) in [6.07, 6.45) is 5.11. The standard InChI is InChI=1S/C19H24N4O4S/c1-18(2,3)27-17(25)23-16-22-13-14(28-16)21-12(9-20-13)10-5-19(6-10)7-11(8-19)15(24)26-4/h9-11H,5-8H2,1-4H3,(H,20,22,23,25). The summed E-state index contributed by atoms with van der Waals surface area (Å²) in [5.41, 5.74) is 1.17. The number of anilines is 1. The number of aromatic nitrogens is 3. The lowest BCUT2D eigenvalue weighted by atomic mass is 9.48. The van der Waals surface area contributed by atoms with Gasteiger partial charge in [0.15, 0.2) is 15.6 Å². The second-order valence-electron chi connectivity index (χ2n) is 8.80. The topological polar surface area (TPSA) is 103 Å². The lowest BCUT2D eigenvalue weighted by Crippen LogP contribution is -2.49. The fraction of sp³-hybridized carbons (Fsp3) is 0.632. The van der Waals surface area contributed by atoms with Gasteiger partial charge in [-0.15, -0.1) is 0 Å². The molecule has 2 fully saturated rings. The number of nitrogens with one attached hydrogen (secondary N) is 1. The highest BCUT2D eigenvalue weighted by molar-refractivity contribution is 7.21. The van der Waals surface area contributed by atoms with E-state index in [2.05, 4.69) is 15.3 Å².